The van der Waals surface area contributed by atoms with E-state index < -0.39 is 10.0 Å². The number of rotatable bonds is 7. The molecular weight excluding hydrogens is 352 g/mol. The highest BCUT2D eigenvalue weighted by Gasteiger charge is 2.37. The summed E-state index contributed by atoms with van der Waals surface area (Å²) >= 11 is 6.03. The average Bonchev–Trinajstić information content (AvgIpc) is 2.56. The third kappa shape index (κ3) is 4.40. The molecule has 0 spiro atoms. The van der Waals surface area contributed by atoms with E-state index in [9.17, 15) is 8.42 Å². The quantitative estimate of drug-likeness (QED) is 0.738. The van der Waals surface area contributed by atoms with Crippen molar-refractivity contribution in [3.05, 3.63) is 23.2 Å². The van der Waals surface area contributed by atoms with Crippen LogP contribution >= 0.6 is 11.6 Å². The molecule has 0 aliphatic carbocycles. The molecule has 2 N–H and O–H groups in total. The van der Waals surface area contributed by atoms with Gasteiger partial charge in [0.05, 0.1) is 6.61 Å². The van der Waals surface area contributed by atoms with E-state index in [-0.39, 0.29) is 29.3 Å². The van der Waals surface area contributed by atoms with Crippen molar-refractivity contribution >= 4 is 21.6 Å². The summed E-state index contributed by atoms with van der Waals surface area (Å²) < 4.78 is 38.4. The van der Waals surface area contributed by atoms with Crippen molar-refractivity contribution in [1.29, 1.82) is 0 Å². The van der Waals surface area contributed by atoms with Gasteiger partial charge in [-0.1, -0.05) is 18.0 Å². The van der Waals surface area contributed by atoms with Crippen molar-refractivity contribution < 1.29 is 17.9 Å². The first-order valence-corrected chi connectivity index (χ1v) is 9.88. The molecule has 0 amide bonds. The van der Waals surface area contributed by atoms with Gasteiger partial charge in [-0.15, -0.1) is 0 Å². The van der Waals surface area contributed by atoms with Crippen LogP contribution in [0.2, 0.25) is 5.02 Å². The molecule has 136 valence electrons. The van der Waals surface area contributed by atoms with Crippen molar-refractivity contribution in [3.63, 3.8) is 0 Å². The molecule has 2 atom stereocenters. The molecule has 6 nitrogen and oxygen atoms in total. The fourth-order valence-corrected chi connectivity index (χ4v) is 5.09. The Morgan fingerprint density at radius 1 is 1.38 bits per heavy atom. The van der Waals surface area contributed by atoms with Gasteiger partial charge in [0.15, 0.2) is 0 Å². The summed E-state index contributed by atoms with van der Waals surface area (Å²) in [5.74, 6) is 0.283. The zero-order valence-electron chi connectivity index (χ0n) is 14.1. The molecule has 1 aromatic rings. The molecule has 0 bridgehead atoms. The van der Waals surface area contributed by atoms with E-state index in [0.717, 1.165) is 19.3 Å². The molecule has 0 radical (unpaired) electrons. The Balaban J connectivity index is 2.38. The number of benzene rings is 1. The predicted molar refractivity (Wildman–Crippen MR) is 94.0 cm³/mol. The van der Waals surface area contributed by atoms with Crippen LogP contribution in [0.3, 0.4) is 0 Å². The first-order chi connectivity index (χ1) is 11.4. The van der Waals surface area contributed by atoms with Crippen molar-refractivity contribution in [2.75, 3.05) is 26.9 Å². The van der Waals surface area contributed by atoms with E-state index >= 15 is 0 Å². The maximum atomic E-state index is 13.2. The lowest BCUT2D eigenvalue weighted by atomic mass is 10.00. The van der Waals surface area contributed by atoms with Gasteiger partial charge in [0.1, 0.15) is 17.3 Å². The van der Waals surface area contributed by atoms with Gasteiger partial charge in [-0.05, 0) is 38.0 Å². The van der Waals surface area contributed by atoms with Gasteiger partial charge in [-0.2, -0.15) is 4.31 Å². The van der Waals surface area contributed by atoms with Gasteiger partial charge < -0.3 is 15.2 Å². The lowest BCUT2D eigenvalue weighted by molar-refractivity contribution is 0.144. The fourth-order valence-electron chi connectivity index (χ4n) is 2.92. The molecule has 8 heteroatoms. The second kappa shape index (κ2) is 8.49. The van der Waals surface area contributed by atoms with E-state index in [0.29, 0.717) is 18.2 Å². The zero-order chi connectivity index (χ0) is 17.7. The second-order valence-corrected chi connectivity index (χ2v) is 8.27. The van der Waals surface area contributed by atoms with Crippen molar-refractivity contribution in [2.24, 2.45) is 5.73 Å². The first kappa shape index (κ1) is 19.5. The minimum absolute atomic E-state index is 0.0821. The van der Waals surface area contributed by atoms with E-state index in [1.54, 1.807) is 19.2 Å². The standard InChI is InChI=1S/C16H25ClN2O4S/c1-12(18)14-5-3-4-8-19(14)24(20,21)16-11-13(17)6-7-15(16)23-10-9-22-2/h6-7,11-12,14H,3-5,8-10,18H2,1-2H3/t12-,14+/m0/s1. The molecule has 1 aliphatic rings. The first-order valence-electron chi connectivity index (χ1n) is 8.06. The maximum absolute atomic E-state index is 13.2. The van der Waals surface area contributed by atoms with Crippen molar-refractivity contribution in [3.8, 4) is 5.75 Å². The van der Waals surface area contributed by atoms with Crippen LogP contribution in [0.1, 0.15) is 26.2 Å². The molecule has 0 aromatic heterocycles. The summed E-state index contributed by atoms with van der Waals surface area (Å²) in [4.78, 5) is 0.0821. The van der Waals surface area contributed by atoms with Crippen molar-refractivity contribution in [2.45, 2.75) is 43.2 Å². The summed E-state index contributed by atoms with van der Waals surface area (Å²) in [6.45, 7) is 2.93. The summed E-state index contributed by atoms with van der Waals surface area (Å²) in [5, 5.41) is 0.349. The number of ether oxygens (including phenoxy) is 2. The van der Waals surface area contributed by atoms with E-state index in [4.69, 9.17) is 26.8 Å². The van der Waals surface area contributed by atoms with Gasteiger partial charge in [0.2, 0.25) is 10.0 Å². The number of piperidine rings is 1. The van der Waals surface area contributed by atoms with Crippen LogP contribution < -0.4 is 10.5 Å². The lowest BCUT2D eigenvalue weighted by Crippen LogP contribution is -2.51. The van der Waals surface area contributed by atoms with Crippen LogP contribution in [0.4, 0.5) is 0 Å². The molecule has 24 heavy (non-hydrogen) atoms. The van der Waals surface area contributed by atoms with Crippen LogP contribution in [0.15, 0.2) is 23.1 Å². The molecular formula is C16H25ClN2O4S. The molecule has 0 unspecified atom stereocenters. The summed E-state index contributed by atoms with van der Waals surface area (Å²) in [6.07, 6.45) is 2.56. The number of hydrogen-bond donors (Lipinski definition) is 1. The minimum atomic E-state index is -3.74. The number of halogens is 1. The molecule has 1 fully saturated rings. The smallest absolute Gasteiger partial charge is 0.247 e. The van der Waals surface area contributed by atoms with Gasteiger partial charge in [0.25, 0.3) is 0 Å². The van der Waals surface area contributed by atoms with E-state index in [1.807, 2.05) is 6.92 Å². The van der Waals surface area contributed by atoms with Gasteiger partial charge in [-0.25, -0.2) is 8.42 Å². The Morgan fingerprint density at radius 3 is 2.79 bits per heavy atom. The third-order valence-electron chi connectivity index (χ3n) is 4.14. The zero-order valence-corrected chi connectivity index (χ0v) is 15.6. The normalized spacial score (nSPS) is 20.8. The summed E-state index contributed by atoms with van der Waals surface area (Å²) in [7, 11) is -2.18. The number of nitrogens with zero attached hydrogens (tertiary/aromatic N) is 1. The third-order valence-corrected chi connectivity index (χ3v) is 6.32. The Kier molecular flexibility index (Phi) is 6.88. The number of hydrogen-bond acceptors (Lipinski definition) is 5. The van der Waals surface area contributed by atoms with Crippen LogP contribution in [0, 0.1) is 0 Å². The molecule has 1 aromatic carbocycles. The number of nitrogens with two attached hydrogens (primary N) is 1. The summed E-state index contributed by atoms with van der Waals surface area (Å²) in [5.41, 5.74) is 6.02. The van der Waals surface area contributed by atoms with Crippen LogP contribution in [0.5, 0.6) is 5.75 Å². The molecule has 1 aliphatic heterocycles. The lowest BCUT2D eigenvalue weighted by Gasteiger charge is -2.37. The molecule has 2 rings (SSSR count). The Bertz CT molecular complexity index is 651. The second-order valence-electron chi connectivity index (χ2n) is 5.97. The number of methoxy groups -OCH3 is 1. The monoisotopic (exact) mass is 376 g/mol. The highest BCUT2D eigenvalue weighted by molar-refractivity contribution is 7.89. The van der Waals surface area contributed by atoms with Gasteiger partial charge in [0, 0.05) is 30.8 Å². The Labute approximate surface area is 148 Å². The Morgan fingerprint density at radius 2 is 2.12 bits per heavy atom. The van der Waals surface area contributed by atoms with Gasteiger partial charge >= 0.3 is 0 Å². The molecule has 1 heterocycles. The van der Waals surface area contributed by atoms with E-state index in [1.165, 1.54) is 10.4 Å². The van der Waals surface area contributed by atoms with Crippen LogP contribution in [0.25, 0.3) is 0 Å². The average molecular weight is 377 g/mol. The number of sulfonamides is 1. The highest BCUT2D eigenvalue weighted by atomic mass is 35.5. The molecule has 0 saturated carbocycles. The van der Waals surface area contributed by atoms with Crippen LogP contribution in [-0.4, -0.2) is 51.7 Å². The largest absolute Gasteiger partial charge is 0.490 e. The minimum Gasteiger partial charge on any atom is -0.490 e. The molecule has 1 saturated heterocycles. The Hall–Kier alpha value is -0.860. The highest BCUT2D eigenvalue weighted by Crippen LogP contribution is 2.33. The van der Waals surface area contributed by atoms with Gasteiger partial charge in [-0.3, -0.25) is 0 Å². The topological polar surface area (TPSA) is 81.9 Å². The van der Waals surface area contributed by atoms with Crippen molar-refractivity contribution in [1.82, 2.24) is 4.31 Å². The maximum Gasteiger partial charge on any atom is 0.247 e. The van der Waals surface area contributed by atoms with E-state index in [2.05, 4.69) is 0 Å². The SMILES string of the molecule is COCCOc1ccc(Cl)cc1S(=O)(=O)N1CCCC[C@@H]1[C@H](C)N. The summed E-state index contributed by atoms with van der Waals surface area (Å²) in [6, 6.07) is 4.18. The van der Waals surface area contributed by atoms with Crippen LogP contribution in [-0.2, 0) is 14.8 Å². The predicted octanol–water partition coefficient (Wildman–Crippen LogP) is 2.26. The fraction of sp³-hybridized carbons (Fsp3) is 0.625.